The number of ether oxygens (including phenoxy) is 2. The van der Waals surface area contributed by atoms with E-state index in [4.69, 9.17) is 4.74 Å². The van der Waals surface area contributed by atoms with Gasteiger partial charge in [0.2, 0.25) is 5.76 Å². The minimum atomic E-state index is -0.425. The van der Waals surface area contributed by atoms with Crippen LogP contribution in [0.25, 0.3) is 0 Å². The number of rotatable bonds is 5. The molecular weight excluding hydrogens is 168 g/mol. The lowest BCUT2D eigenvalue weighted by Gasteiger charge is -2.05. The molecule has 0 N–H and O–H groups in total. The van der Waals surface area contributed by atoms with Gasteiger partial charge in [-0.2, -0.15) is 0 Å². The van der Waals surface area contributed by atoms with Crippen molar-refractivity contribution in [1.29, 1.82) is 0 Å². The molecule has 0 aromatic heterocycles. The largest absolute Gasteiger partial charge is 0.483 e. The fourth-order valence-corrected chi connectivity index (χ4v) is 0.721. The van der Waals surface area contributed by atoms with E-state index >= 15 is 0 Å². The molecule has 0 heterocycles. The summed E-state index contributed by atoms with van der Waals surface area (Å²) in [5, 5.41) is 0. The van der Waals surface area contributed by atoms with Crippen molar-refractivity contribution in [2.75, 3.05) is 13.7 Å². The van der Waals surface area contributed by atoms with Crippen molar-refractivity contribution >= 4 is 5.97 Å². The summed E-state index contributed by atoms with van der Waals surface area (Å²) in [6.07, 6.45) is 6.14. The van der Waals surface area contributed by atoms with Gasteiger partial charge in [-0.1, -0.05) is 19.1 Å². The predicted molar refractivity (Wildman–Crippen MR) is 51.2 cm³/mol. The summed E-state index contributed by atoms with van der Waals surface area (Å²) in [6, 6.07) is 0. The van der Waals surface area contributed by atoms with Crippen LogP contribution in [-0.4, -0.2) is 19.7 Å². The summed E-state index contributed by atoms with van der Waals surface area (Å²) in [7, 11) is 1.34. The summed E-state index contributed by atoms with van der Waals surface area (Å²) < 4.78 is 9.71. The molecule has 0 saturated carbocycles. The summed E-state index contributed by atoms with van der Waals surface area (Å²) in [4.78, 5) is 11.1. The van der Waals surface area contributed by atoms with Gasteiger partial charge < -0.3 is 9.47 Å². The van der Waals surface area contributed by atoms with Crippen LogP contribution in [-0.2, 0) is 14.3 Å². The Bertz CT molecular complexity index is 204. The van der Waals surface area contributed by atoms with Crippen molar-refractivity contribution in [1.82, 2.24) is 0 Å². The molecular formula is C10H16O3. The number of methoxy groups -OCH3 is 1. The Morgan fingerprint density at radius 2 is 2.15 bits per heavy atom. The first kappa shape index (κ1) is 11.8. The molecule has 0 aliphatic carbocycles. The minimum absolute atomic E-state index is 0.281. The SMILES string of the molecule is C/C=C/CO/C(=C\CC)C(=O)OC. The van der Waals surface area contributed by atoms with Gasteiger partial charge in [0.05, 0.1) is 7.11 Å². The van der Waals surface area contributed by atoms with Gasteiger partial charge in [-0.3, -0.25) is 0 Å². The Morgan fingerprint density at radius 1 is 1.46 bits per heavy atom. The average molecular weight is 184 g/mol. The highest BCUT2D eigenvalue weighted by Gasteiger charge is 2.08. The Balaban J connectivity index is 4.11. The predicted octanol–water partition coefficient (Wildman–Crippen LogP) is 2.05. The first-order valence-electron chi connectivity index (χ1n) is 4.28. The smallest absolute Gasteiger partial charge is 0.372 e. The molecule has 0 radical (unpaired) electrons. The summed E-state index contributed by atoms with van der Waals surface area (Å²) in [5.74, 6) is -0.144. The zero-order chi connectivity index (χ0) is 10.1. The fraction of sp³-hybridized carbons (Fsp3) is 0.500. The second-order valence-electron chi connectivity index (χ2n) is 2.35. The van der Waals surface area contributed by atoms with E-state index in [1.807, 2.05) is 26.0 Å². The third-order valence-corrected chi connectivity index (χ3v) is 1.35. The number of hydrogen-bond donors (Lipinski definition) is 0. The molecule has 0 fully saturated rings. The summed E-state index contributed by atoms with van der Waals surface area (Å²) in [5.41, 5.74) is 0. The highest BCUT2D eigenvalue weighted by Crippen LogP contribution is 2.01. The monoisotopic (exact) mass is 184 g/mol. The normalized spacial score (nSPS) is 11.8. The van der Waals surface area contributed by atoms with Gasteiger partial charge in [0, 0.05) is 0 Å². The lowest BCUT2D eigenvalue weighted by Crippen LogP contribution is -2.08. The van der Waals surface area contributed by atoms with Crippen molar-refractivity contribution in [2.45, 2.75) is 20.3 Å². The second kappa shape index (κ2) is 7.40. The maximum Gasteiger partial charge on any atom is 0.372 e. The number of carbonyl (C=O) groups is 1. The minimum Gasteiger partial charge on any atom is -0.483 e. The fourth-order valence-electron chi connectivity index (χ4n) is 0.721. The molecule has 3 heteroatoms. The van der Waals surface area contributed by atoms with Crippen molar-refractivity contribution in [3.63, 3.8) is 0 Å². The lowest BCUT2D eigenvalue weighted by molar-refractivity contribution is -0.139. The standard InChI is InChI=1S/C10H16O3/c1-4-6-8-13-9(7-5-2)10(11)12-3/h4,6-7H,5,8H2,1-3H3/b6-4+,9-7-. The van der Waals surface area contributed by atoms with Gasteiger partial charge in [-0.25, -0.2) is 4.79 Å². The third kappa shape index (κ3) is 5.06. The first-order chi connectivity index (χ1) is 6.26. The van der Waals surface area contributed by atoms with E-state index in [1.165, 1.54) is 7.11 Å². The van der Waals surface area contributed by atoms with Crippen LogP contribution >= 0.6 is 0 Å². The molecule has 0 unspecified atom stereocenters. The zero-order valence-corrected chi connectivity index (χ0v) is 8.37. The third-order valence-electron chi connectivity index (χ3n) is 1.35. The van der Waals surface area contributed by atoms with E-state index in [2.05, 4.69) is 4.74 Å². The van der Waals surface area contributed by atoms with Crippen LogP contribution in [0.5, 0.6) is 0 Å². The Labute approximate surface area is 79.0 Å². The highest BCUT2D eigenvalue weighted by molar-refractivity contribution is 5.86. The van der Waals surface area contributed by atoms with Crippen LogP contribution in [0.1, 0.15) is 20.3 Å². The molecule has 0 aromatic rings. The molecule has 0 bridgehead atoms. The first-order valence-corrected chi connectivity index (χ1v) is 4.28. The number of esters is 1. The van der Waals surface area contributed by atoms with Crippen molar-refractivity contribution < 1.29 is 14.3 Å². The van der Waals surface area contributed by atoms with Crippen LogP contribution in [0.15, 0.2) is 24.0 Å². The Hall–Kier alpha value is -1.25. The quantitative estimate of drug-likeness (QED) is 0.284. The van der Waals surface area contributed by atoms with Gasteiger partial charge in [-0.15, -0.1) is 0 Å². The van der Waals surface area contributed by atoms with Crippen LogP contribution in [0.2, 0.25) is 0 Å². The molecule has 0 saturated heterocycles. The molecule has 0 aliphatic heterocycles. The van der Waals surface area contributed by atoms with Crippen LogP contribution in [0, 0.1) is 0 Å². The van der Waals surface area contributed by atoms with Crippen molar-refractivity contribution in [3.8, 4) is 0 Å². The van der Waals surface area contributed by atoms with Crippen LogP contribution in [0.4, 0.5) is 0 Å². The van der Waals surface area contributed by atoms with Gasteiger partial charge in [0.1, 0.15) is 6.61 Å². The zero-order valence-electron chi connectivity index (χ0n) is 8.37. The van der Waals surface area contributed by atoms with Crippen LogP contribution < -0.4 is 0 Å². The molecule has 0 aromatic carbocycles. The molecule has 0 amide bonds. The molecule has 0 atom stereocenters. The molecule has 74 valence electrons. The number of carbonyl (C=O) groups excluding carboxylic acids is 1. The van der Waals surface area contributed by atoms with Crippen LogP contribution in [0.3, 0.4) is 0 Å². The van der Waals surface area contributed by atoms with E-state index < -0.39 is 5.97 Å². The Morgan fingerprint density at radius 3 is 2.62 bits per heavy atom. The second-order valence-corrected chi connectivity index (χ2v) is 2.35. The van der Waals surface area contributed by atoms with Gasteiger partial charge in [-0.05, 0) is 19.4 Å². The van der Waals surface area contributed by atoms with E-state index in [-0.39, 0.29) is 5.76 Å². The molecule has 0 rings (SSSR count). The van der Waals surface area contributed by atoms with E-state index in [9.17, 15) is 4.79 Å². The summed E-state index contributed by atoms with van der Waals surface area (Å²) in [6.45, 7) is 4.23. The molecule has 0 aliphatic rings. The number of hydrogen-bond acceptors (Lipinski definition) is 3. The Kier molecular flexibility index (Phi) is 6.69. The van der Waals surface area contributed by atoms with E-state index in [1.54, 1.807) is 6.08 Å². The van der Waals surface area contributed by atoms with Crippen molar-refractivity contribution in [2.24, 2.45) is 0 Å². The number of allylic oxidation sites excluding steroid dienone is 2. The van der Waals surface area contributed by atoms with E-state index in [0.717, 1.165) is 6.42 Å². The molecule has 13 heavy (non-hydrogen) atoms. The van der Waals surface area contributed by atoms with Gasteiger partial charge >= 0.3 is 5.97 Å². The van der Waals surface area contributed by atoms with Crippen molar-refractivity contribution in [3.05, 3.63) is 24.0 Å². The maximum atomic E-state index is 11.1. The molecule has 0 spiro atoms. The molecule has 3 nitrogen and oxygen atoms in total. The van der Waals surface area contributed by atoms with Gasteiger partial charge in [0.15, 0.2) is 0 Å². The average Bonchev–Trinajstić information content (AvgIpc) is 2.16. The topological polar surface area (TPSA) is 35.5 Å². The highest BCUT2D eigenvalue weighted by atomic mass is 16.6. The van der Waals surface area contributed by atoms with E-state index in [0.29, 0.717) is 6.61 Å². The lowest BCUT2D eigenvalue weighted by atomic mass is 10.4. The summed E-state index contributed by atoms with van der Waals surface area (Å²) >= 11 is 0. The maximum absolute atomic E-state index is 11.1. The van der Waals surface area contributed by atoms with Gasteiger partial charge in [0.25, 0.3) is 0 Å².